The van der Waals surface area contributed by atoms with Crippen LogP contribution in [0.4, 0.5) is 5.69 Å². The van der Waals surface area contributed by atoms with Crippen LogP contribution in [0.15, 0.2) is 54.6 Å². The van der Waals surface area contributed by atoms with Crippen LogP contribution in [0.2, 0.25) is 5.02 Å². The monoisotopic (exact) mass is 404 g/mol. The number of benzene rings is 2. The molecule has 0 unspecified atom stereocenters. The number of thiocarbonyl (C=S) groups is 2. The van der Waals surface area contributed by atoms with Crippen LogP contribution in [-0.2, 0) is 4.79 Å². The van der Waals surface area contributed by atoms with Crippen molar-refractivity contribution in [1.29, 1.82) is 0 Å². The number of hydrazine groups is 1. The SMILES string of the molecule is Cc1ccc(NC(=S)NNC(=S)NC(=O)C=Cc2ccccc2Cl)cc1. The second-order valence-corrected chi connectivity index (χ2v) is 6.47. The summed E-state index contributed by atoms with van der Waals surface area (Å²) < 4.78 is 0. The van der Waals surface area contributed by atoms with Crippen LogP contribution < -0.4 is 21.5 Å². The Labute approximate surface area is 167 Å². The van der Waals surface area contributed by atoms with Crippen molar-refractivity contribution in [2.24, 2.45) is 0 Å². The van der Waals surface area contributed by atoms with Gasteiger partial charge in [-0.05, 0) is 61.2 Å². The molecule has 4 N–H and O–H groups in total. The smallest absolute Gasteiger partial charge is 0.250 e. The van der Waals surface area contributed by atoms with E-state index >= 15 is 0 Å². The molecule has 2 rings (SSSR count). The fourth-order valence-corrected chi connectivity index (χ4v) is 2.39. The summed E-state index contributed by atoms with van der Waals surface area (Å²) in [5.41, 5.74) is 8.08. The first-order valence-electron chi connectivity index (χ1n) is 7.61. The molecule has 0 atom stereocenters. The van der Waals surface area contributed by atoms with Crippen LogP contribution in [0.5, 0.6) is 0 Å². The van der Waals surface area contributed by atoms with E-state index in [0.717, 1.165) is 16.8 Å². The van der Waals surface area contributed by atoms with Crippen LogP contribution >= 0.6 is 36.0 Å². The fourth-order valence-electron chi connectivity index (χ4n) is 1.87. The lowest BCUT2D eigenvalue weighted by Crippen LogP contribution is -2.49. The largest absolute Gasteiger partial charge is 0.331 e. The number of amides is 1. The van der Waals surface area contributed by atoms with Gasteiger partial charge in [0.25, 0.3) is 0 Å². The molecule has 2 aromatic rings. The number of nitrogens with one attached hydrogen (secondary N) is 4. The Morgan fingerprint density at radius 3 is 2.35 bits per heavy atom. The highest BCUT2D eigenvalue weighted by Crippen LogP contribution is 2.15. The van der Waals surface area contributed by atoms with Crippen LogP contribution in [0.25, 0.3) is 6.08 Å². The molecule has 134 valence electrons. The molecule has 26 heavy (non-hydrogen) atoms. The molecule has 2 aromatic carbocycles. The predicted octanol–water partition coefficient (Wildman–Crippen LogP) is 3.55. The highest BCUT2D eigenvalue weighted by atomic mass is 35.5. The molecular formula is C18H17ClN4OS2. The van der Waals surface area contributed by atoms with Crippen molar-refractivity contribution in [1.82, 2.24) is 16.2 Å². The minimum absolute atomic E-state index is 0.0897. The summed E-state index contributed by atoms with van der Waals surface area (Å²) in [4.78, 5) is 11.9. The number of halogens is 1. The maximum absolute atomic E-state index is 11.9. The molecule has 0 saturated carbocycles. The molecule has 0 aromatic heterocycles. The zero-order valence-corrected chi connectivity index (χ0v) is 16.3. The summed E-state index contributed by atoms with van der Waals surface area (Å²) in [6.45, 7) is 2.00. The summed E-state index contributed by atoms with van der Waals surface area (Å²) in [6, 6.07) is 14.9. The lowest BCUT2D eigenvalue weighted by atomic mass is 10.2. The Morgan fingerprint density at radius 1 is 1.00 bits per heavy atom. The highest BCUT2D eigenvalue weighted by Gasteiger charge is 2.02. The molecule has 0 fully saturated rings. The number of carbonyl (C=O) groups is 1. The third-order valence-electron chi connectivity index (χ3n) is 3.16. The van der Waals surface area contributed by atoms with E-state index < -0.39 is 0 Å². The topological polar surface area (TPSA) is 65.2 Å². The zero-order valence-electron chi connectivity index (χ0n) is 13.9. The van der Waals surface area contributed by atoms with Crippen LogP contribution in [0, 0.1) is 6.92 Å². The van der Waals surface area contributed by atoms with Crippen molar-refractivity contribution in [3.63, 3.8) is 0 Å². The molecule has 0 spiro atoms. The summed E-state index contributed by atoms with van der Waals surface area (Å²) >= 11 is 16.2. The van der Waals surface area contributed by atoms with E-state index in [-0.39, 0.29) is 11.0 Å². The molecule has 1 amide bonds. The van der Waals surface area contributed by atoms with Gasteiger partial charge in [-0.1, -0.05) is 47.5 Å². The third-order valence-corrected chi connectivity index (χ3v) is 3.91. The van der Waals surface area contributed by atoms with E-state index in [0.29, 0.717) is 10.1 Å². The van der Waals surface area contributed by atoms with Gasteiger partial charge in [0, 0.05) is 16.8 Å². The fraction of sp³-hybridized carbons (Fsp3) is 0.0556. The van der Waals surface area contributed by atoms with E-state index in [2.05, 4.69) is 21.5 Å². The Bertz CT molecular complexity index is 837. The highest BCUT2D eigenvalue weighted by molar-refractivity contribution is 7.80. The minimum atomic E-state index is -0.387. The van der Waals surface area contributed by atoms with Crippen molar-refractivity contribution in [3.8, 4) is 0 Å². The number of aryl methyl sites for hydroxylation is 1. The number of anilines is 1. The molecule has 5 nitrogen and oxygen atoms in total. The number of hydrogen-bond acceptors (Lipinski definition) is 3. The van der Waals surface area contributed by atoms with Gasteiger partial charge in [0.1, 0.15) is 0 Å². The maximum atomic E-state index is 11.9. The quantitative estimate of drug-likeness (QED) is 0.356. The molecule has 0 saturated heterocycles. The van der Waals surface area contributed by atoms with Crippen LogP contribution in [-0.4, -0.2) is 16.1 Å². The van der Waals surface area contributed by atoms with Gasteiger partial charge in [0.2, 0.25) is 5.91 Å². The standard InChI is InChI=1S/C18H17ClN4OS2/c1-12-6-9-14(10-7-12)20-17(25)22-23-18(26)21-16(24)11-8-13-4-2-3-5-15(13)19/h2-11H,1H3,(H2,20,22,25)(H2,21,23,24,26). The second-order valence-electron chi connectivity index (χ2n) is 5.24. The number of carbonyl (C=O) groups excluding carboxylic acids is 1. The molecular weight excluding hydrogens is 388 g/mol. The van der Waals surface area contributed by atoms with E-state index in [1.165, 1.54) is 6.08 Å². The predicted molar refractivity (Wildman–Crippen MR) is 115 cm³/mol. The number of rotatable bonds is 3. The normalized spacial score (nSPS) is 10.2. The van der Waals surface area contributed by atoms with Crippen molar-refractivity contribution in [2.75, 3.05) is 5.32 Å². The Morgan fingerprint density at radius 2 is 1.65 bits per heavy atom. The van der Waals surface area contributed by atoms with Gasteiger partial charge in [0.05, 0.1) is 0 Å². The van der Waals surface area contributed by atoms with Crippen LogP contribution in [0.1, 0.15) is 11.1 Å². The van der Waals surface area contributed by atoms with Gasteiger partial charge in [-0.2, -0.15) is 0 Å². The molecule has 0 aliphatic rings. The summed E-state index contributed by atoms with van der Waals surface area (Å²) in [7, 11) is 0. The lowest BCUT2D eigenvalue weighted by molar-refractivity contribution is -0.115. The Kier molecular flexibility index (Phi) is 7.53. The van der Waals surface area contributed by atoms with Gasteiger partial charge in [-0.15, -0.1) is 0 Å². The average molecular weight is 405 g/mol. The maximum Gasteiger partial charge on any atom is 0.250 e. The van der Waals surface area contributed by atoms with Gasteiger partial charge < -0.3 is 5.32 Å². The molecule has 0 aliphatic heterocycles. The van der Waals surface area contributed by atoms with Gasteiger partial charge in [0.15, 0.2) is 10.2 Å². The number of hydrogen-bond donors (Lipinski definition) is 4. The second kappa shape index (κ2) is 9.86. The Balaban J connectivity index is 1.75. The van der Waals surface area contributed by atoms with E-state index in [9.17, 15) is 4.79 Å². The first kappa shape index (κ1) is 19.8. The van der Waals surface area contributed by atoms with Crippen molar-refractivity contribution in [2.45, 2.75) is 6.92 Å². The van der Waals surface area contributed by atoms with Crippen LogP contribution in [0.3, 0.4) is 0 Å². The van der Waals surface area contributed by atoms with Crippen molar-refractivity contribution < 1.29 is 4.79 Å². The van der Waals surface area contributed by atoms with Gasteiger partial charge in [-0.25, -0.2) is 0 Å². The summed E-state index contributed by atoms with van der Waals surface area (Å²) in [6.07, 6.45) is 2.95. The molecule has 8 heteroatoms. The third kappa shape index (κ3) is 6.79. The molecule has 0 radical (unpaired) electrons. The first-order valence-corrected chi connectivity index (χ1v) is 8.81. The average Bonchev–Trinajstić information content (AvgIpc) is 2.61. The first-order chi connectivity index (χ1) is 12.4. The summed E-state index contributed by atoms with van der Waals surface area (Å²) in [5.74, 6) is -0.387. The van der Waals surface area contributed by atoms with Gasteiger partial charge in [-0.3, -0.25) is 21.0 Å². The molecule has 0 aliphatic carbocycles. The Hall–Kier alpha value is -2.48. The minimum Gasteiger partial charge on any atom is -0.331 e. The van der Waals surface area contributed by atoms with E-state index in [1.54, 1.807) is 18.2 Å². The summed E-state index contributed by atoms with van der Waals surface area (Å²) in [5, 5.41) is 6.45. The van der Waals surface area contributed by atoms with Crippen molar-refractivity contribution in [3.05, 3.63) is 70.8 Å². The lowest BCUT2D eigenvalue weighted by Gasteiger charge is -2.13. The molecule has 0 bridgehead atoms. The molecule has 0 heterocycles. The zero-order chi connectivity index (χ0) is 18.9. The van der Waals surface area contributed by atoms with E-state index in [1.807, 2.05) is 43.3 Å². The van der Waals surface area contributed by atoms with Crippen molar-refractivity contribution >= 4 is 63.9 Å². The van der Waals surface area contributed by atoms with Gasteiger partial charge >= 0.3 is 0 Å². The van der Waals surface area contributed by atoms with E-state index in [4.69, 9.17) is 36.0 Å².